The van der Waals surface area contributed by atoms with Gasteiger partial charge in [-0.3, -0.25) is 0 Å². The Labute approximate surface area is 154 Å². The van der Waals surface area contributed by atoms with Gasteiger partial charge in [-0.2, -0.15) is 10.1 Å². The number of nitrogens with zero attached hydrogens (tertiary/aromatic N) is 4. The van der Waals surface area contributed by atoms with Gasteiger partial charge in [0.1, 0.15) is 6.33 Å². The van der Waals surface area contributed by atoms with Gasteiger partial charge in [0.25, 0.3) is 0 Å². The minimum Gasteiger partial charge on any atom is -0.493 e. The predicted molar refractivity (Wildman–Crippen MR) is 99.4 cm³/mol. The summed E-state index contributed by atoms with van der Waals surface area (Å²) in [6.45, 7) is 0. The number of rotatable bonds is 5. The van der Waals surface area contributed by atoms with Crippen LogP contribution >= 0.6 is 11.3 Å². The zero-order valence-corrected chi connectivity index (χ0v) is 15.5. The van der Waals surface area contributed by atoms with E-state index in [2.05, 4.69) is 21.1 Å². The predicted octanol–water partition coefficient (Wildman–Crippen LogP) is 3.48. The van der Waals surface area contributed by atoms with Crippen molar-refractivity contribution < 1.29 is 14.2 Å². The van der Waals surface area contributed by atoms with Gasteiger partial charge >= 0.3 is 0 Å². The number of aliphatic imine (C=N–C) groups is 1. The van der Waals surface area contributed by atoms with Crippen LogP contribution in [0.3, 0.4) is 0 Å². The van der Waals surface area contributed by atoms with Crippen molar-refractivity contribution in [1.29, 1.82) is 0 Å². The highest BCUT2D eigenvalue weighted by Gasteiger charge is 2.28. The molecule has 0 amide bonds. The molecule has 0 radical (unpaired) electrons. The fourth-order valence-electron chi connectivity index (χ4n) is 3.13. The van der Waals surface area contributed by atoms with E-state index in [1.165, 1.54) is 6.33 Å². The monoisotopic (exact) mass is 370 g/mol. The molecule has 3 aromatic rings. The van der Waals surface area contributed by atoms with Crippen LogP contribution < -0.4 is 14.2 Å². The van der Waals surface area contributed by atoms with Crippen LogP contribution in [0.15, 0.2) is 41.0 Å². The average molecular weight is 370 g/mol. The first-order valence-electron chi connectivity index (χ1n) is 8.06. The van der Waals surface area contributed by atoms with Gasteiger partial charge in [-0.25, -0.2) is 9.67 Å². The maximum Gasteiger partial charge on any atom is 0.248 e. The summed E-state index contributed by atoms with van der Waals surface area (Å²) in [5.41, 5.74) is 1.99. The molecule has 4 rings (SSSR count). The van der Waals surface area contributed by atoms with E-state index in [1.807, 2.05) is 28.3 Å². The summed E-state index contributed by atoms with van der Waals surface area (Å²) in [6.07, 6.45) is 2.23. The van der Waals surface area contributed by atoms with E-state index >= 15 is 0 Å². The third-order valence-electron chi connectivity index (χ3n) is 4.35. The Morgan fingerprint density at radius 3 is 2.50 bits per heavy atom. The molecule has 1 aromatic carbocycles. The summed E-state index contributed by atoms with van der Waals surface area (Å²) in [7, 11) is 4.82. The van der Waals surface area contributed by atoms with Gasteiger partial charge in [-0.05, 0) is 29.1 Å². The second-order valence-corrected chi connectivity index (χ2v) is 6.67. The molecule has 7 nitrogen and oxygen atoms in total. The first-order chi connectivity index (χ1) is 12.7. The Morgan fingerprint density at radius 1 is 1.12 bits per heavy atom. The van der Waals surface area contributed by atoms with Crippen molar-refractivity contribution in [3.63, 3.8) is 0 Å². The number of ether oxygens (including phenoxy) is 3. The summed E-state index contributed by atoms with van der Waals surface area (Å²) in [4.78, 5) is 10.1. The van der Waals surface area contributed by atoms with Crippen LogP contribution in [-0.2, 0) is 0 Å². The highest BCUT2D eigenvalue weighted by atomic mass is 32.1. The van der Waals surface area contributed by atoms with Crippen LogP contribution in [-0.4, -0.2) is 41.8 Å². The van der Waals surface area contributed by atoms with Crippen molar-refractivity contribution in [2.24, 2.45) is 4.99 Å². The lowest BCUT2D eigenvalue weighted by molar-refractivity contribution is 0.323. The van der Waals surface area contributed by atoms with Gasteiger partial charge in [0.05, 0.1) is 33.1 Å². The van der Waals surface area contributed by atoms with Crippen LogP contribution in [0.1, 0.15) is 22.9 Å². The maximum absolute atomic E-state index is 5.50. The molecule has 1 atom stereocenters. The van der Waals surface area contributed by atoms with Crippen LogP contribution in [0, 0.1) is 0 Å². The van der Waals surface area contributed by atoms with E-state index in [0.717, 1.165) is 16.2 Å². The van der Waals surface area contributed by atoms with Gasteiger partial charge < -0.3 is 14.2 Å². The molecule has 0 bridgehead atoms. The normalized spacial score (nSPS) is 16.0. The lowest BCUT2D eigenvalue weighted by Crippen LogP contribution is -2.21. The van der Waals surface area contributed by atoms with E-state index in [-0.39, 0.29) is 6.04 Å². The molecule has 26 heavy (non-hydrogen) atoms. The van der Waals surface area contributed by atoms with Crippen molar-refractivity contribution in [2.45, 2.75) is 12.5 Å². The van der Waals surface area contributed by atoms with Gasteiger partial charge in [-0.15, -0.1) is 11.3 Å². The summed E-state index contributed by atoms with van der Waals surface area (Å²) < 4.78 is 18.3. The minimum atomic E-state index is -0.0594. The topological polar surface area (TPSA) is 70.8 Å². The average Bonchev–Trinajstić information content (AvgIpc) is 3.37. The molecule has 0 saturated carbocycles. The molecule has 1 aliphatic rings. The summed E-state index contributed by atoms with van der Waals surface area (Å²) in [5, 5.41) is 6.42. The Hall–Kier alpha value is -2.87. The highest BCUT2D eigenvalue weighted by molar-refractivity contribution is 7.12. The van der Waals surface area contributed by atoms with E-state index in [1.54, 1.807) is 32.7 Å². The molecule has 1 aliphatic heterocycles. The first-order valence-corrected chi connectivity index (χ1v) is 8.94. The third-order valence-corrected chi connectivity index (χ3v) is 5.27. The number of hydrogen-bond donors (Lipinski definition) is 0. The van der Waals surface area contributed by atoms with Crippen molar-refractivity contribution in [3.8, 4) is 17.2 Å². The van der Waals surface area contributed by atoms with E-state index < -0.39 is 0 Å². The summed E-state index contributed by atoms with van der Waals surface area (Å²) >= 11 is 1.67. The molecule has 0 N–H and O–H groups in total. The Kier molecular flexibility index (Phi) is 4.34. The summed E-state index contributed by atoms with van der Waals surface area (Å²) in [5.74, 6) is 2.39. The molecule has 1 unspecified atom stereocenters. The van der Waals surface area contributed by atoms with Crippen LogP contribution in [0.2, 0.25) is 0 Å². The van der Waals surface area contributed by atoms with E-state index in [0.29, 0.717) is 29.6 Å². The Bertz CT molecular complexity index is 924. The molecule has 8 heteroatoms. The number of fused-ring (bicyclic) bond motifs is 1. The molecule has 0 spiro atoms. The molecular formula is C18H18N4O3S. The van der Waals surface area contributed by atoms with Gasteiger partial charge in [0, 0.05) is 11.3 Å². The first kappa shape index (κ1) is 16.6. The summed E-state index contributed by atoms with van der Waals surface area (Å²) in [6, 6.07) is 7.94. The fourth-order valence-corrected chi connectivity index (χ4v) is 3.86. The van der Waals surface area contributed by atoms with Gasteiger partial charge in [0.2, 0.25) is 11.7 Å². The lowest BCUT2D eigenvalue weighted by atomic mass is 9.98. The SMILES string of the molecule is COc1cc(C2CC(c3cccs3)=Nc3ncnn32)cc(OC)c1OC. The molecule has 0 aliphatic carbocycles. The third kappa shape index (κ3) is 2.72. The number of hydrogen-bond acceptors (Lipinski definition) is 7. The van der Waals surface area contributed by atoms with E-state index in [9.17, 15) is 0 Å². The number of thiophene rings is 1. The lowest BCUT2D eigenvalue weighted by Gasteiger charge is -2.24. The molecule has 2 aromatic heterocycles. The Balaban J connectivity index is 1.82. The van der Waals surface area contributed by atoms with Crippen LogP contribution in [0.4, 0.5) is 5.95 Å². The van der Waals surface area contributed by atoms with Crippen LogP contribution in [0.5, 0.6) is 17.2 Å². The van der Waals surface area contributed by atoms with Crippen molar-refractivity contribution >= 4 is 23.0 Å². The zero-order chi connectivity index (χ0) is 18.1. The fraction of sp³-hybridized carbons (Fsp3) is 0.278. The quantitative estimate of drug-likeness (QED) is 0.688. The molecule has 134 valence electrons. The minimum absolute atomic E-state index is 0.0594. The standard InChI is InChI=1S/C18H18N4O3S/c1-23-14-7-11(8-15(24-2)17(14)25-3)13-9-12(16-5-4-6-26-16)21-18-19-10-20-22(13)18/h4-8,10,13H,9H2,1-3H3. The second kappa shape index (κ2) is 6.80. The maximum atomic E-state index is 5.50. The van der Waals surface area contributed by atoms with Crippen molar-refractivity contribution in [3.05, 3.63) is 46.4 Å². The molecule has 0 saturated heterocycles. The second-order valence-electron chi connectivity index (χ2n) is 5.72. The van der Waals surface area contributed by atoms with Gasteiger partial charge in [-0.1, -0.05) is 6.07 Å². The molecule has 0 fully saturated rings. The van der Waals surface area contributed by atoms with Crippen molar-refractivity contribution in [2.75, 3.05) is 21.3 Å². The number of aromatic nitrogens is 3. The van der Waals surface area contributed by atoms with Gasteiger partial charge in [0.15, 0.2) is 11.5 Å². The van der Waals surface area contributed by atoms with Crippen LogP contribution in [0.25, 0.3) is 0 Å². The zero-order valence-electron chi connectivity index (χ0n) is 14.7. The Morgan fingerprint density at radius 2 is 1.88 bits per heavy atom. The number of benzene rings is 1. The van der Waals surface area contributed by atoms with Crippen molar-refractivity contribution in [1.82, 2.24) is 14.8 Å². The molecule has 3 heterocycles. The van der Waals surface area contributed by atoms with E-state index in [4.69, 9.17) is 14.2 Å². The highest BCUT2D eigenvalue weighted by Crippen LogP contribution is 2.42. The molecular weight excluding hydrogens is 352 g/mol. The number of methoxy groups -OCH3 is 3. The smallest absolute Gasteiger partial charge is 0.248 e. The largest absolute Gasteiger partial charge is 0.493 e.